The number of nitrogens with one attached hydrogen (secondary N) is 1. The van der Waals surface area contributed by atoms with Gasteiger partial charge in [-0.3, -0.25) is 4.79 Å². The number of benzene rings is 1. The maximum Gasteiger partial charge on any atom is 0.236 e. The number of nitrogens with zero attached hydrogens (tertiary/aromatic N) is 1. The molecule has 104 valence electrons. The van der Waals surface area contributed by atoms with Crippen molar-refractivity contribution < 1.29 is 4.79 Å². The zero-order valence-electron chi connectivity index (χ0n) is 11.7. The van der Waals surface area contributed by atoms with E-state index in [0.29, 0.717) is 11.0 Å². The Bertz CT molecular complexity index is 614. The van der Waals surface area contributed by atoms with Gasteiger partial charge in [0.15, 0.2) is 5.13 Å². The molecule has 1 aromatic carbocycles. The molecule has 20 heavy (non-hydrogen) atoms. The summed E-state index contributed by atoms with van der Waals surface area (Å²) >= 11 is 1.51. The molecule has 0 aliphatic heterocycles. The average Bonchev–Trinajstić information content (AvgIpc) is 3.20. The first-order valence-electron chi connectivity index (χ1n) is 6.90. The minimum absolute atomic E-state index is 0.0135. The van der Waals surface area contributed by atoms with Crippen molar-refractivity contribution in [1.82, 2.24) is 4.98 Å². The van der Waals surface area contributed by atoms with Crippen molar-refractivity contribution in [2.24, 2.45) is 0 Å². The van der Waals surface area contributed by atoms with Crippen LogP contribution in [0.25, 0.3) is 0 Å². The van der Waals surface area contributed by atoms with Crippen LogP contribution < -0.4 is 5.32 Å². The van der Waals surface area contributed by atoms with Crippen molar-refractivity contribution in [3.63, 3.8) is 0 Å². The number of rotatable bonds is 4. The van der Waals surface area contributed by atoms with Gasteiger partial charge in [-0.2, -0.15) is 0 Å². The van der Waals surface area contributed by atoms with Crippen LogP contribution in [0.1, 0.15) is 43.9 Å². The highest BCUT2D eigenvalue weighted by atomic mass is 32.1. The van der Waals surface area contributed by atoms with E-state index in [1.165, 1.54) is 24.2 Å². The van der Waals surface area contributed by atoms with Gasteiger partial charge in [-0.25, -0.2) is 4.98 Å². The second-order valence-electron chi connectivity index (χ2n) is 5.80. The Hall–Kier alpha value is -1.68. The van der Waals surface area contributed by atoms with Crippen molar-refractivity contribution in [1.29, 1.82) is 0 Å². The van der Waals surface area contributed by atoms with Crippen molar-refractivity contribution >= 4 is 22.4 Å². The predicted octanol–water partition coefficient (Wildman–Crippen LogP) is 3.94. The number of anilines is 1. The van der Waals surface area contributed by atoms with Crippen molar-refractivity contribution in [2.75, 3.05) is 5.32 Å². The Balaban J connectivity index is 1.74. The summed E-state index contributed by atoms with van der Waals surface area (Å²) in [6.07, 6.45) is 2.46. The third-order valence-corrected chi connectivity index (χ3v) is 4.58. The molecule has 0 unspecified atom stereocenters. The van der Waals surface area contributed by atoms with Crippen molar-refractivity contribution in [3.8, 4) is 0 Å². The van der Waals surface area contributed by atoms with E-state index in [1.54, 1.807) is 0 Å². The summed E-state index contributed by atoms with van der Waals surface area (Å²) in [5.74, 6) is 0.611. The second-order valence-corrected chi connectivity index (χ2v) is 6.66. The van der Waals surface area contributed by atoms with E-state index >= 15 is 0 Å². The minimum Gasteiger partial charge on any atom is -0.301 e. The summed E-state index contributed by atoms with van der Waals surface area (Å²) in [4.78, 5) is 17.0. The van der Waals surface area contributed by atoms with E-state index < -0.39 is 5.41 Å². The molecule has 0 saturated heterocycles. The number of thiazole rings is 1. The fraction of sp³-hybridized carbons (Fsp3) is 0.375. The molecule has 0 spiro atoms. The lowest BCUT2D eigenvalue weighted by atomic mass is 9.84. The van der Waals surface area contributed by atoms with Crippen LogP contribution in [0.15, 0.2) is 35.7 Å². The van der Waals surface area contributed by atoms with Crippen LogP contribution in [-0.2, 0) is 10.2 Å². The molecular formula is C16H18N2OS. The third kappa shape index (κ3) is 2.61. The van der Waals surface area contributed by atoms with Crippen LogP contribution in [-0.4, -0.2) is 10.9 Å². The summed E-state index contributed by atoms with van der Waals surface area (Å²) < 4.78 is 0. The molecule has 1 fully saturated rings. The molecule has 1 heterocycles. The van der Waals surface area contributed by atoms with Crippen LogP contribution in [0.4, 0.5) is 5.13 Å². The molecule has 3 rings (SSSR count). The maximum atomic E-state index is 12.5. The SMILES string of the molecule is CC(C)(C(=O)Nc1nc(C2CC2)cs1)c1ccccc1. The molecule has 1 N–H and O–H groups in total. The lowest BCUT2D eigenvalue weighted by molar-refractivity contribution is -0.120. The molecule has 4 heteroatoms. The first kappa shape index (κ1) is 13.3. The molecule has 0 atom stereocenters. The average molecular weight is 286 g/mol. The van der Waals surface area contributed by atoms with Gasteiger partial charge in [-0.1, -0.05) is 30.3 Å². The Morgan fingerprint density at radius 3 is 2.65 bits per heavy atom. The van der Waals surface area contributed by atoms with Crippen LogP contribution in [0.5, 0.6) is 0 Å². The maximum absolute atomic E-state index is 12.5. The Kier molecular flexibility index (Phi) is 3.34. The van der Waals surface area contributed by atoms with Gasteiger partial charge in [-0.15, -0.1) is 11.3 Å². The fourth-order valence-corrected chi connectivity index (χ4v) is 2.94. The molecule has 1 aromatic heterocycles. The van der Waals surface area contributed by atoms with Crippen LogP contribution in [0.3, 0.4) is 0 Å². The van der Waals surface area contributed by atoms with Gasteiger partial charge >= 0.3 is 0 Å². The van der Waals surface area contributed by atoms with Crippen molar-refractivity contribution in [2.45, 2.75) is 38.0 Å². The van der Waals surface area contributed by atoms with Crippen LogP contribution >= 0.6 is 11.3 Å². The predicted molar refractivity (Wildman–Crippen MR) is 82.2 cm³/mol. The lowest BCUT2D eigenvalue weighted by Gasteiger charge is -2.23. The summed E-state index contributed by atoms with van der Waals surface area (Å²) in [5.41, 5.74) is 1.58. The van der Waals surface area contributed by atoms with E-state index in [0.717, 1.165) is 11.3 Å². The van der Waals surface area contributed by atoms with E-state index in [2.05, 4.69) is 15.7 Å². The minimum atomic E-state index is -0.563. The molecule has 0 radical (unpaired) electrons. The summed E-state index contributed by atoms with van der Waals surface area (Å²) in [7, 11) is 0. The zero-order chi connectivity index (χ0) is 14.2. The normalized spacial score (nSPS) is 15.1. The number of amides is 1. The number of aromatic nitrogens is 1. The van der Waals surface area contributed by atoms with Gasteiger partial charge in [0.2, 0.25) is 5.91 Å². The zero-order valence-corrected chi connectivity index (χ0v) is 12.5. The molecule has 1 aliphatic carbocycles. The number of hydrogen-bond donors (Lipinski definition) is 1. The number of hydrogen-bond acceptors (Lipinski definition) is 3. The molecule has 1 aliphatic rings. The highest BCUT2D eigenvalue weighted by Crippen LogP contribution is 2.41. The largest absolute Gasteiger partial charge is 0.301 e. The molecule has 0 bridgehead atoms. The van der Waals surface area contributed by atoms with Gasteiger partial charge in [0.05, 0.1) is 11.1 Å². The Labute approximate surface area is 123 Å². The fourth-order valence-electron chi connectivity index (χ4n) is 2.15. The van der Waals surface area contributed by atoms with Crippen molar-refractivity contribution in [3.05, 3.63) is 47.0 Å². The molecule has 2 aromatic rings. The van der Waals surface area contributed by atoms with E-state index in [9.17, 15) is 4.79 Å². The summed E-state index contributed by atoms with van der Waals surface area (Å²) in [5, 5.41) is 5.72. The third-order valence-electron chi connectivity index (χ3n) is 3.80. The Morgan fingerprint density at radius 1 is 1.30 bits per heavy atom. The van der Waals surface area contributed by atoms with E-state index in [4.69, 9.17) is 0 Å². The molecular weight excluding hydrogens is 268 g/mol. The van der Waals surface area contributed by atoms with Crippen LogP contribution in [0, 0.1) is 0 Å². The van der Waals surface area contributed by atoms with Gasteiger partial charge in [0, 0.05) is 11.3 Å². The summed E-state index contributed by atoms with van der Waals surface area (Å²) in [6, 6.07) is 9.84. The number of carbonyl (C=O) groups excluding carboxylic acids is 1. The van der Waals surface area contributed by atoms with Gasteiger partial charge in [0.1, 0.15) is 0 Å². The van der Waals surface area contributed by atoms with Gasteiger partial charge in [0.25, 0.3) is 0 Å². The quantitative estimate of drug-likeness (QED) is 0.925. The second kappa shape index (κ2) is 5.02. The van der Waals surface area contributed by atoms with E-state index in [1.807, 2.05) is 44.2 Å². The summed E-state index contributed by atoms with van der Waals surface area (Å²) in [6.45, 7) is 3.88. The Morgan fingerprint density at radius 2 is 2.00 bits per heavy atom. The smallest absolute Gasteiger partial charge is 0.236 e. The number of carbonyl (C=O) groups is 1. The molecule has 1 saturated carbocycles. The highest BCUT2D eigenvalue weighted by Gasteiger charge is 2.31. The lowest BCUT2D eigenvalue weighted by Crippen LogP contribution is -2.34. The van der Waals surface area contributed by atoms with Gasteiger partial charge in [-0.05, 0) is 32.3 Å². The highest BCUT2D eigenvalue weighted by molar-refractivity contribution is 7.14. The van der Waals surface area contributed by atoms with Gasteiger partial charge < -0.3 is 5.32 Å². The first-order valence-corrected chi connectivity index (χ1v) is 7.78. The van der Waals surface area contributed by atoms with Crippen LogP contribution in [0.2, 0.25) is 0 Å². The topological polar surface area (TPSA) is 42.0 Å². The monoisotopic (exact) mass is 286 g/mol. The molecule has 1 amide bonds. The van der Waals surface area contributed by atoms with E-state index in [-0.39, 0.29) is 5.91 Å². The first-order chi connectivity index (χ1) is 9.57. The standard InChI is InChI=1S/C16H18N2OS/c1-16(2,12-6-4-3-5-7-12)14(19)18-15-17-13(10-20-15)11-8-9-11/h3-7,10-11H,8-9H2,1-2H3,(H,17,18,19). The molecule has 3 nitrogen and oxygen atoms in total.